The number of unbranched alkanes of at least 4 members (excludes halogenated alkanes) is 8. The molecule has 0 aromatic carbocycles. The van der Waals surface area contributed by atoms with Gasteiger partial charge in [-0.2, -0.15) is 0 Å². The maximum Gasteiger partial charge on any atom is 0.303 e. The minimum absolute atomic E-state index is 0.00329. The summed E-state index contributed by atoms with van der Waals surface area (Å²) in [5, 5.41) is 17.7. The van der Waals surface area contributed by atoms with E-state index in [9.17, 15) is 4.79 Å². The number of rotatable bonds is 13. The van der Waals surface area contributed by atoms with Crippen molar-refractivity contribution < 1.29 is 15.0 Å². The molecule has 0 saturated carbocycles. The second-order valence-electron chi connectivity index (χ2n) is 5.26. The van der Waals surface area contributed by atoms with Gasteiger partial charge in [-0.1, -0.05) is 64.7 Å². The summed E-state index contributed by atoms with van der Waals surface area (Å²) in [6.45, 7) is 2.23. The standard InChI is InChI=1S/C15H30O3/c1-2-3-4-5-6-7-8-9-10-11-14(13-16)12-15(17)18/h14,16H,2-13H2,1H3,(H,17,18)/t14-/m0/s1. The van der Waals surface area contributed by atoms with Crippen molar-refractivity contribution in [2.24, 2.45) is 5.92 Å². The van der Waals surface area contributed by atoms with Crippen LogP contribution >= 0.6 is 0 Å². The van der Waals surface area contributed by atoms with E-state index in [1.54, 1.807) is 0 Å². The highest BCUT2D eigenvalue weighted by Gasteiger charge is 2.11. The molecule has 0 unspecified atom stereocenters. The fourth-order valence-electron chi connectivity index (χ4n) is 2.25. The van der Waals surface area contributed by atoms with Crippen LogP contribution in [-0.4, -0.2) is 22.8 Å². The van der Waals surface area contributed by atoms with Crippen LogP contribution in [0.5, 0.6) is 0 Å². The molecule has 0 radical (unpaired) electrons. The van der Waals surface area contributed by atoms with Crippen molar-refractivity contribution in [2.45, 2.75) is 77.6 Å². The van der Waals surface area contributed by atoms with Gasteiger partial charge in [0, 0.05) is 6.61 Å². The van der Waals surface area contributed by atoms with Crippen molar-refractivity contribution in [3.8, 4) is 0 Å². The molecule has 18 heavy (non-hydrogen) atoms. The average molecular weight is 258 g/mol. The minimum atomic E-state index is -0.801. The third-order valence-electron chi connectivity index (χ3n) is 3.44. The lowest BCUT2D eigenvalue weighted by atomic mass is 9.98. The first-order valence-corrected chi connectivity index (χ1v) is 7.53. The zero-order valence-electron chi connectivity index (χ0n) is 11.9. The van der Waals surface area contributed by atoms with Gasteiger partial charge in [-0.05, 0) is 12.3 Å². The van der Waals surface area contributed by atoms with E-state index in [2.05, 4.69) is 6.92 Å². The topological polar surface area (TPSA) is 57.5 Å². The largest absolute Gasteiger partial charge is 0.481 e. The number of aliphatic hydroxyl groups is 1. The highest BCUT2D eigenvalue weighted by molar-refractivity contribution is 5.66. The zero-order valence-corrected chi connectivity index (χ0v) is 11.9. The van der Waals surface area contributed by atoms with E-state index in [0.29, 0.717) is 0 Å². The van der Waals surface area contributed by atoms with Crippen LogP contribution in [0, 0.1) is 5.92 Å². The fourth-order valence-corrected chi connectivity index (χ4v) is 2.25. The van der Waals surface area contributed by atoms with Crippen molar-refractivity contribution in [3.05, 3.63) is 0 Å². The van der Waals surface area contributed by atoms with Gasteiger partial charge in [0.1, 0.15) is 0 Å². The first-order valence-electron chi connectivity index (χ1n) is 7.53. The van der Waals surface area contributed by atoms with E-state index >= 15 is 0 Å². The molecule has 1 atom stereocenters. The molecule has 0 saturated heterocycles. The van der Waals surface area contributed by atoms with Gasteiger partial charge >= 0.3 is 5.97 Å². The highest BCUT2D eigenvalue weighted by Crippen LogP contribution is 2.15. The van der Waals surface area contributed by atoms with Crippen LogP contribution in [0.15, 0.2) is 0 Å². The quantitative estimate of drug-likeness (QED) is 0.491. The molecule has 0 bridgehead atoms. The summed E-state index contributed by atoms with van der Waals surface area (Å²) in [6, 6.07) is 0. The lowest BCUT2D eigenvalue weighted by Gasteiger charge is -2.10. The van der Waals surface area contributed by atoms with Crippen molar-refractivity contribution in [2.75, 3.05) is 6.61 Å². The molecule has 108 valence electrons. The summed E-state index contributed by atoms with van der Waals surface area (Å²) in [7, 11) is 0. The molecule has 0 aromatic heterocycles. The summed E-state index contributed by atoms with van der Waals surface area (Å²) < 4.78 is 0. The van der Waals surface area contributed by atoms with Crippen molar-refractivity contribution in [1.82, 2.24) is 0 Å². The van der Waals surface area contributed by atoms with Crippen LogP contribution in [0.25, 0.3) is 0 Å². The Morgan fingerprint density at radius 1 is 0.944 bits per heavy atom. The van der Waals surface area contributed by atoms with E-state index in [1.807, 2.05) is 0 Å². The van der Waals surface area contributed by atoms with Gasteiger partial charge in [-0.15, -0.1) is 0 Å². The lowest BCUT2D eigenvalue weighted by molar-refractivity contribution is -0.138. The maximum atomic E-state index is 10.5. The van der Waals surface area contributed by atoms with Gasteiger partial charge in [-0.3, -0.25) is 4.79 Å². The Morgan fingerprint density at radius 3 is 1.89 bits per heavy atom. The number of carbonyl (C=O) groups is 1. The summed E-state index contributed by atoms with van der Waals surface area (Å²) in [4.78, 5) is 10.5. The Labute approximate surface area is 112 Å². The Bertz CT molecular complexity index is 192. The maximum absolute atomic E-state index is 10.5. The van der Waals surface area contributed by atoms with E-state index in [1.165, 1.54) is 51.4 Å². The van der Waals surface area contributed by atoms with Crippen LogP contribution in [0.1, 0.15) is 77.6 Å². The monoisotopic (exact) mass is 258 g/mol. The Balaban J connectivity index is 3.25. The third kappa shape index (κ3) is 11.9. The lowest BCUT2D eigenvalue weighted by Crippen LogP contribution is -2.11. The van der Waals surface area contributed by atoms with E-state index in [-0.39, 0.29) is 18.9 Å². The molecule has 3 nitrogen and oxygen atoms in total. The van der Waals surface area contributed by atoms with Gasteiger partial charge in [0.2, 0.25) is 0 Å². The van der Waals surface area contributed by atoms with Crippen LogP contribution in [-0.2, 0) is 4.79 Å². The molecular formula is C15H30O3. The Morgan fingerprint density at radius 2 is 1.44 bits per heavy atom. The normalized spacial score (nSPS) is 12.6. The number of aliphatic hydroxyl groups excluding tert-OH is 1. The van der Waals surface area contributed by atoms with E-state index < -0.39 is 5.97 Å². The van der Waals surface area contributed by atoms with Crippen LogP contribution in [0.4, 0.5) is 0 Å². The minimum Gasteiger partial charge on any atom is -0.481 e. The van der Waals surface area contributed by atoms with Gasteiger partial charge in [-0.25, -0.2) is 0 Å². The van der Waals surface area contributed by atoms with E-state index in [4.69, 9.17) is 10.2 Å². The van der Waals surface area contributed by atoms with Gasteiger partial charge in [0.25, 0.3) is 0 Å². The third-order valence-corrected chi connectivity index (χ3v) is 3.44. The number of carboxylic acid groups (broad SMARTS) is 1. The number of aliphatic carboxylic acids is 1. The molecule has 3 heteroatoms. The predicted molar refractivity (Wildman–Crippen MR) is 74.7 cm³/mol. The summed E-state index contributed by atoms with van der Waals surface area (Å²) in [5.74, 6) is -0.850. The molecule has 2 N–H and O–H groups in total. The SMILES string of the molecule is CCCCCCCCCCC[C@H](CO)CC(=O)O. The van der Waals surface area contributed by atoms with Crippen molar-refractivity contribution in [1.29, 1.82) is 0 Å². The Kier molecular flexibility index (Phi) is 12.5. The summed E-state index contributed by atoms with van der Waals surface area (Å²) >= 11 is 0. The number of carboxylic acids is 1. The molecule has 0 aromatic rings. The van der Waals surface area contributed by atoms with Gasteiger partial charge in [0.15, 0.2) is 0 Å². The number of hydrogen-bond donors (Lipinski definition) is 2. The molecule has 0 aliphatic heterocycles. The smallest absolute Gasteiger partial charge is 0.303 e. The molecule has 0 fully saturated rings. The Hall–Kier alpha value is -0.570. The van der Waals surface area contributed by atoms with Crippen molar-refractivity contribution in [3.63, 3.8) is 0 Å². The molecule has 0 heterocycles. The summed E-state index contributed by atoms with van der Waals surface area (Å²) in [6.07, 6.45) is 12.4. The first-order chi connectivity index (χ1) is 8.70. The average Bonchev–Trinajstić information content (AvgIpc) is 2.35. The molecule has 0 spiro atoms. The highest BCUT2D eigenvalue weighted by atomic mass is 16.4. The summed E-state index contributed by atoms with van der Waals surface area (Å²) in [5.41, 5.74) is 0. The molecular weight excluding hydrogens is 228 g/mol. The molecule has 0 aliphatic rings. The van der Waals surface area contributed by atoms with E-state index in [0.717, 1.165) is 12.8 Å². The van der Waals surface area contributed by atoms with Crippen LogP contribution < -0.4 is 0 Å². The molecule has 0 aliphatic carbocycles. The molecule has 0 rings (SSSR count). The molecule has 0 amide bonds. The van der Waals surface area contributed by atoms with Crippen LogP contribution in [0.3, 0.4) is 0 Å². The second kappa shape index (κ2) is 12.9. The van der Waals surface area contributed by atoms with Crippen molar-refractivity contribution >= 4 is 5.97 Å². The van der Waals surface area contributed by atoms with Gasteiger partial charge in [0.05, 0.1) is 6.42 Å². The number of hydrogen-bond acceptors (Lipinski definition) is 2. The second-order valence-corrected chi connectivity index (χ2v) is 5.26. The van der Waals surface area contributed by atoms with Crippen LogP contribution in [0.2, 0.25) is 0 Å². The van der Waals surface area contributed by atoms with Gasteiger partial charge < -0.3 is 10.2 Å². The zero-order chi connectivity index (χ0) is 13.6. The predicted octanol–water partition coefficient (Wildman–Crippen LogP) is 3.99. The fraction of sp³-hybridized carbons (Fsp3) is 0.933. The first kappa shape index (κ1) is 17.4.